The lowest BCUT2D eigenvalue weighted by atomic mass is 10.2. The van der Waals surface area contributed by atoms with E-state index < -0.39 is 0 Å². The molecule has 0 aliphatic heterocycles. The van der Waals surface area contributed by atoms with Gasteiger partial charge in [0.1, 0.15) is 5.75 Å². The number of benzene rings is 2. The summed E-state index contributed by atoms with van der Waals surface area (Å²) < 4.78 is 6.12. The minimum absolute atomic E-state index is 0.255. The van der Waals surface area contributed by atoms with Gasteiger partial charge in [0.2, 0.25) is 0 Å². The van der Waals surface area contributed by atoms with Crippen LogP contribution < -0.4 is 4.74 Å². The Balaban J connectivity index is 1.98. The quantitative estimate of drug-likeness (QED) is 0.638. The first-order valence-electron chi connectivity index (χ1n) is 5.24. The molecule has 0 bridgehead atoms. The lowest BCUT2D eigenvalue weighted by Crippen LogP contribution is -2.11. The molecule has 0 N–H and O–H groups in total. The summed E-state index contributed by atoms with van der Waals surface area (Å²) in [6.45, 7) is 0. The van der Waals surface area contributed by atoms with Crippen molar-refractivity contribution in [1.82, 2.24) is 0 Å². The van der Waals surface area contributed by atoms with Crippen LogP contribution in [0.5, 0.6) is 5.75 Å². The van der Waals surface area contributed by atoms with E-state index in [0.717, 1.165) is 10.0 Å². The van der Waals surface area contributed by atoms with Crippen molar-refractivity contribution in [3.8, 4) is 5.75 Å². The van der Waals surface area contributed by atoms with Gasteiger partial charge >= 0.3 is 5.97 Å². The van der Waals surface area contributed by atoms with Crippen molar-refractivity contribution in [3.63, 3.8) is 0 Å². The van der Waals surface area contributed by atoms with E-state index in [1.54, 1.807) is 12.1 Å². The number of esters is 1. The third kappa shape index (κ3) is 3.71. The minimum Gasteiger partial charge on any atom is -0.426 e. The molecule has 2 aromatic carbocycles. The molecule has 3 heteroatoms. The summed E-state index contributed by atoms with van der Waals surface area (Å²) in [4.78, 5) is 11.7. The van der Waals surface area contributed by atoms with Crippen molar-refractivity contribution < 1.29 is 9.53 Å². The van der Waals surface area contributed by atoms with E-state index in [1.165, 1.54) is 0 Å². The maximum absolute atomic E-state index is 11.7. The van der Waals surface area contributed by atoms with Crippen molar-refractivity contribution in [3.05, 3.63) is 64.6 Å². The van der Waals surface area contributed by atoms with Gasteiger partial charge in [-0.1, -0.05) is 52.3 Å². The van der Waals surface area contributed by atoms with Crippen LogP contribution in [0.3, 0.4) is 0 Å². The molecule has 86 valence electrons. The van der Waals surface area contributed by atoms with Gasteiger partial charge in [0.25, 0.3) is 0 Å². The molecular formula is C14H11BrO2. The van der Waals surface area contributed by atoms with Crippen LogP contribution in [-0.2, 0) is 11.2 Å². The number of carbonyl (C=O) groups is 1. The maximum Gasteiger partial charge on any atom is 0.315 e. The smallest absolute Gasteiger partial charge is 0.315 e. The van der Waals surface area contributed by atoms with Crippen LogP contribution in [-0.4, -0.2) is 5.97 Å². The molecule has 0 heterocycles. The SMILES string of the molecule is O=C(Cc1ccccc1)Oc1cccc(Br)c1. The standard InChI is InChI=1S/C14H11BrO2/c15-12-7-4-8-13(10-12)17-14(16)9-11-5-2-1-3-6-11/h1-8,10H,9H2. The number of rotatable bonds is 3. The Morgan fingerprint density at radius 3 is 2.53 bits per heavy atom. The molecule has 0 atom stereocenters. The highest BCUT2D eigenvalue weighted by Crippen LogP contribution is 2.18. The van der Waals surface area contributed by atoms with Crippen molar-refractivity contribution in [1.29, 1.82) is 0 Å². The molecule has 0 unspecified atom stereocenters. The summed E-state index contributed by atoms with van der Waals surface area (Å²) in [5.74, 6) is 0.301. The minimum atomic E-state index is -0.255. The van der Waals surface area contributed by atoms with Crippen molar-refractivity contribution >= 4 is 21.9 Å². The number of ether oxygens (including phenoxy) is 1. The second-order valence-corrected chi connectivity index (χ2v) is 4.51. The van der Waals surface area contributed by atoms with Crippen LogP contribution in [0.4, 0.5) is 0 Å². The first-order chi connectivity index (χ1) is 8.24. The topological polar surface area (TPSA) is 26.3 Å². The summed E-state index contributed by atoms with van der Waals surface area (Å²) in [7, 11) is 0. The van der Waals surface area contributed by atoms with Gasteiger partial charge in [0.05, 0.1) is 6.42 Å². The second kappa shape index (κ2) is 5.64. The van der Waals surface area contributed by atoms with Crippen LogP contribution in [0.2, 0.25) is 0 Å². The number of hydrogen-bond acceptors (Lipinski definition) is 2. The maximum atomic E-state index is 11.7. The lowest BCUT2D eigenvalue weighted by molar-refractivity contribution is -0.133. The van der Waals surface area contributed by atoms with Gasteiger partial charge in [-0.25, -0.2) is 0 Å². The van der Waals surface area contributed by atoms with E-state index >= 15 is 0 Å². The summed E-state index contributed by atoms with van der Waals surface area (Å²) in [5.41, 5.74) is 0.951. The largest absolute Gasteiger partial charge is 0.426 e. The molecule has 0 saturated heterocycles. The third-order valence-corrected chi connectivity index (χ3v) is 2.71. The van der Waals surface area contributed by atoms with E-state index in [9.17, 15) is 4.79 Å². The monoisotopic (exact) mass is 290 g/mol. The Hall–Kier alpha value is -1.61. The van der Waals surface area contributed by atoms with Crippen LogP contribution in [0.15, 0.2) is 59.1 Å². The van der Waals surface area contributed by atoms with Crippen LogP contribution in [0, 0.1) is 0 Å². The van der Waals surface area contributed by atoms with E-state index in [4.69, 9.17) is 4.74 Å². The normalized spacial score (nSPS) is 9.94. The predicted octanol–water partition coefficient (Wildman–Crippen LogP) is 3.60. The fraction of sp³-hybridized carbons (Fsp3) is 0.0714. The Morgan fingerprint density at radius 1 is 1.06 bits per heavy atom. The van der Waals surface area contributed by atoms with E-state index in [1.807, 2.05) is 42.5 Å². The molecule has 0 aliphatic rings. The van der Waals surface area contributed by atoms with Crippen molar-refractivity contribution in [2.24, 2.45) is 0 Å². The van der Waals surface area contributed by atoms with Gasteiger partial charge in [0, 0.05) is 4.47 Å². The highest BCUT2D eigenvalue weighted by molar-refractivity contribution is 9.10. The highest BCUT2D eigenvalue weighted by Gasteiger charge is 2.06. The van der Waals surface area contributed by atoms with Gasteiger partial charge in [-0.2, -0.15) is 0 Å². The van der Waals surface area contributed by atoms with Crippen LogP contribution in [0.25, 0.3) is 0 Å². The van der Waals surface area contributed by atoms with Crippen LogP contribution >= 0.6 is 15.9 Å². The summed E-state index contributed by atoms with van der Waals surface area (Å²) in [5, 5.41) is 0. The van der Waals surface area contributed by atoms with Gasteiger partial charge in [-0.15, -0.1) is 0 Å². The van der Waals surface area contributed by atoms with Crippen LogP contribution in [0.1, 0.15) is 5.56 Å². The molecule has 0 amide bonds. The lowest BCUT2D eigenvalue weighted by Gasteiger charge is -2.04. The molecule has 2 rings (SSSR count). The first-order valence-corrected chi connectivity index (χ1v) is 6.03. The molecule has 2 aromatic rings. The Bertz CT molecular complexity index is 509. The molecular weight excluding hydrogens is 280 g/mol. The summed E-state index contributed by atoms with van der Waals surface area (Å²) in [6, 6.07) is 16.8. The predicted molar refractivity (Wildman–Crippen MR) is 69.9 cm³/mol. The Labute approximate surface area is 108 Å². The Morgan fingerprint density at radius 2 is 1.82 bits per heavy atom. The van der Waals surface area contributed by atoms with Gasteiger partial charge < -0.3 is 4.74 Å². The molecule has 0 aromatic heterocycles. The second-order valence-electron chi connectivity index (χ2n) is 3.59. The molecule has 0 saturated carbocycles. The summed E-state index contributed by atoms with van der Waals surface area (Å²) in [6.07, 6.45) is 0.285. The van der Waals surface area contributed by atoms with E-state index in [0.29, 0.717) is 5.75 Å². The fourth-order valence-corrected chi connectivity index (χ4v) is 1.84. The fourth-order valence-electron chi connectivity index (χ4n) is 1.46. The zero-order valence-electron chi connectivity index (χ0n) is 9.10. The van der Waals surface area contributed by atoms with Gasteiger partial charge in [-0.3, -0.25) is 4.79 Å². The van der Waals surface area contributed by atoms with Gasteiger partial charge in [-0.05, 0) is 23.8 Å². The van der Waals surface area contributed by atoms with Crippen molar-refractivity contribution in [2.45, 2.75) is 6.42 Å². The van der Waals surface area contributed by atoms with Gasteiger partial charge in [0.15, 0.2) is 0 Å². The molecule has 0 fully saturated rings. The zero-order chi connectivity index (χ0) is 12.1. The van der Waals surface area contributed by atoms with E-state index in [2.05, 4.69) is 15.9 Å². The van der Waals surface area contributed by atoms with E-state index in [-0.39, 0.29) is 12.4 Å². The molecule has 0 spiro atoms. The third-order valence-electron chi connectivity index (χ3n) is 2.22. The Kier molecular flexibility index (Phi) is 3.94. The highest BCUT2D eigenvalue weighted by atomic mass is 79.9. The number of hydrogen-bond donors (Lipinski definition) is 0. The van der Waals surface area contributed by atoms with Crippen molar-refractivity contribution in [2.75, 3.05) is 0 Å². The number of halogens is 1. The average molecular weight is 291 g/mol. The number of carbonyl (C=O) groups excluding carboxylic acids is 1. The zero-order valence-corrected chi connectivity index (χ0v) is 10.7. The molecule has 0 radical (unpaired) electrons. The molecule has 2 nitrogen and oxygen atoms in total. The first kappa shape index (κ1) is 11.9. The molecule has 17 heavy (non-hydrogen) atoms. The molecule has 0 aliphatic carbocycles. The summed E-state index contributed by atoms with van der Waals surface area (Å²) >= 11 is 3.33. The average Bonchev–Trinajstić information content (AvgIpc) is 2.30.